The Morgan fingerprint density at radius 1 is 1.17 bits per heavy atom. The average Bonchev–Trinajstić information content (AvgIpc) is 2.69. The third-order valence-electron chi connectivity index (χ3n) is 4.40. The molecule has 3 rings (SSSR count). The second-order valence-corrected chi connectivity index (χ2v) is 6.79. The number of aromatic carboxylic acids is 1. The maximum Gasteiger partial charge on any atom is 0.341 e. The average molecular weight is 437 g/mol. The zero-order valence-electron chi connectivity index (χ0n) is 15.5. The van der Waals surface area contributed by atoms with Gasteiger partial charge in [-0.2, -0.15) is 4.39 Å². The van der Waals surface area contributed by atoms with Crippen molar-refractivity contribution in [1.29, 1.82) is 0 Å². The molecule has 0 aliphatic rings. The molecule has 0 bridgehead atoms. The lowest BCUT2D eigenvalue weighted by molar-refractivity contribution is -0.120. The van der Waals surface area contributed by atoms with Crippen LogP contribution in [0.5, 0.6) is 5.75 Å². The number of hydrogen-bond donors (Lipinski definition) is 3. The van der Waals surface area contributed by atoms with Crippen molar-refractivity contribution in [2.24, 2.45) is 0 Å². The Morgan fingerprint density at radius 2 is 1.90 bits per heavy atom. The molecule has 0 saturated heterocycles. The molecule has 3 aromatic rings. The number of aromatic amines is 1. The summed E-state index contributed by atoms with van der Waals surface area (Å²) in [5.41, 5.74) is -0.684. The quantitative estimate of drug-likeness (QED) is 0.550. The molecule has 1 aromatic heterocycles. The molecule has 7 nitrogen and oxygen atoms in total. The number of amides is 1. The lowest BCUT2D eigenvalue weighted by Gasteiger charge is -2.11. The lowest BCUT2D eigenvalue weighted by atomic mass is 10.1. The molecule has 2 aromatic carbocycles. The predicted molar refractivity (Wildman–Crippen MR) is 105 cm³/mol. The van der Waals surface area contributed by atoms with Crippen molar-refractivity contribution in [3.05, 3.63) is 74.0 Å². The molecular weight excluding hydrogens is 422 g/mol. The second kappa shape index (κ2) is 8.50. The van der Waals surface area contributed by atoms with Gasteiger partial charge in [0.05, 0.1) is 19.0 Å². The van der Waals surface area contributed by atoms with E-state index in [1.54, 1.807) is 0 Å². The lowest BCUT2D eigenvalue weighted by Crippen LogP contribution is -2.26. The molecule has 1 heterocycles. The molecular formula is C20H15ClF2N2O5. The summed E-state index contributed by atoms with van der Waals surface area (Å²) in [6, 6.07) is 6.62. The van der Waals surface area contributed by atoms with Crippen LogP contribution in [0, 0.1) is 11.6 Å². The van der Waals surface area contributed by atoms with Gasteiger partial charge in [-0.1, -0.05) is 17.7 Å². The maximum atomic E-state index is 14.0. The first-order valence-corrected chi connectivity index (χ1v) is 8.95. The number of carbonyl (C=O) groups is 2. The van der Waals surface area contributed by atoms with E-state index in [1.165, 1.54) is 37.4 Å². The van der Waals surface area contributed by atoms with Gasteiger partial charge in [0.2, 0.25) is 11.7 Å². The van der Waals surface area contributed by atoms with Crippen LogP contribution in [-0.4, -0.2) is 29.1 Å². The summed E-state index contributed by atoms with van der Waals surface area (Å²) >= 11 is 6.05. The van der Waals surface area contributed by atoms with Gasteiger partial charge < -0.3 is 20.1 Å². The fourth-order valence-corrected chi connectivity index (χ4v) is 3.20. The van der Waals surface area contributed by atoms with E-state index in [0.717, 1.165) is 0 Å². The molecule has 3 N–H and O–H groups in total. The number of pyridine rings is 1. The van der Waals surface area contributed by atoms with E-state index in [0.29, 0.717) is 16.5 Å². The second-order valence-electron chi connectivity index (χ2n) is 6.35. The van der Waals surface area contributed by atoms with Gasteiger partial charge in [-0.25, -0.2) is 9.18 Å². The Balaban J connectivity index is 1.83. The molecule has 0 aliphatic carbocycles. The fourth-order valence-electron chi connectivity index (χ4n) is 2.95. The van der Waals surface area contributed by atoms with Gasteiger partial charge in [0.15, 0.2) is 11.6 Å². The van der Waals surface area contributed by atoms with Crippen molar-refractivity contribution in [2.45, 2.75) is 13.0 Å². The van der Waals surface area contributed by atoms with Gasteiger partial charge in [-0.05, 0) is 29.8 Å². The van der Waals surface area contributed by atoms with Gasteiger partial charge >= 0.3 is 5.97 Å². The summed E-state index contributed by atoms with van der Waals surface area (Å²) in [4.78, 5) is 37.8. The predicted octanol–water partition coefficient (Wildman–Crippen LogP) is 3.03. The highest BCUT2D eigenvalue weighted by Crippen LogP contribution is 2.24. The first kappa shape index (κ1) is 21.3. The Morgan fingerprint density at radius 3 is 2.57 bits per heavy atom. The SMILES string of the molecule is COc1ccc(CC(=O)NCc2cc(Cl)cc3cc(C(=O)O)c(=O)[nH]c23)c(F)c1F. The first-order valence-electron chi connectivity index (χ1n) is 8.57. The zero-order valence-corrected chi connectivity index (χ0v) is 16.3. The van der Waals surface area contributed by atoms with Crippen LogP contribution in [0.25, 0.3) is 10.9 Å². The van der Waals surface area contributed by atoms with Crippen LogP contribution in [0.15, 0.2) is 35.1 Å². The monoisotopic (exact) mass is 436 g/mol. The first-order chi connectivity index (χ1) is 14.2. The number of fused-ring (bicyclic) bond motifs is 1. The molecule has 0 fully saturated rings. The van der Waals surface area contributed by atoms with E-state index in [2.05, 4.69) is 15.0 Å². The minimum absolute atomic E-state index is 0.0848. The number of ether oxygens (including phenoxy) is 1. The zero-order chi connectivity index (χ0) is 22.0. The molecule has 10 heteroatoms. The molecule has 30 heavy (non-hydrogen) atoms. The number of carboxylic acid groups (broad SMARTS) is 1. The van der Waals surface area contributed by atoms with Crippen LogP contribution in [0.3, 0.4) is 0 Å². The van der Waals surface area contributed by atoms with Crippen LogP contribution >= 0.6 is 11.6 Å². The number of carbonyl (C=O) groups excluding carboxylic acids is 1. The topological polar surface area (TPSA) is 108 Å². The van der Waals surface area contributed by atoms with Crippen molar-refractivity contribution in [1.82, 2.24) is 10.3 Å². The Labute approximate surface area is 173 Å². The summed E-state index contributed by atoms with van der Waals surface area (Å²) in [7, 11) is 1.20. The van der Waals surface area contributed by atoms with Gasteiger partial charge in [0, 0.05) is 22.5 Å². The number of H-pyrrole nitrogens is 1. The highest BCUT2D eigenvalue weighted by Gasteiger charge is 2.17. The third kappa shape index (κ3) is 4.25. The van der Waals surface area contributed by atoms with Gasteiger partial charge in [-0.15, -0.1) is 0 Å². The molecule has 0 aliphatic heterocycles. The smallest absolute Gasteiger partial charge is 0.341 e. The number of hydrogen-bond acceptors (Lipinski definition) is 4. The van der Waals surface area contributed by atoms with Crippen molar-refractivity contribution in [3.8, 4) is 5.75 Å². The van der Waals surface area contributed by atoms with E-state index in [1.807, 2.05) is 0 Å². The van der Waals surface area contributed by atoms with E-state index in [9.17, 15) is 23.2 Å². The minimum Gasteiger partial charge on any atom is -0.494 e. The maximum absolute atomic E-state index is 14.0. The molecule has 0 radical (unpaired) electrons. The number of benzene rings is 2. The number of aromatic nitrogens is 1. The molecule has 0 spiro atoms. The van der Waals surface area contributed by atoms with E-state index >= 15 is 0 Å². The fraction of sp³-hybridized carbons (Fsp3) is 0.150. The van der Waals surface area contributed by atoms with Crippen LogP contribution in [0.4, 0.5) is 8.78 Å². The normalized spacial score (nSPS) is 10.8. The van der Waals surface area contributed by atoms with Gasteiger partial charge in [-0.3, -0.25) is 9.59 Å². The largest absolute Gasteiger partial charge is 0.494 e. The number of methoxy groups -OCH3 is 1. The summed E-state index contributed by atoms with van der Waals surface area (Å²) in [5, 5.41) is 12.3. The standard InChI is InChI=1S/C20H15ClF2N2O5/c1-30-14-3-2-9(16(22)17(14)23)7-15(26)24-8-11-5-12(21)4-10-6-13(20(28)29)19(27)25-18(10)11/h2-6H,7-8H2,1H3,(H,24,26)(H,25,27)(H,28,29). The van der Waals surface area contributed by atoms with Crippen molar-refractivity contribution in [2.75, 3.05) is 7.11 Å². The van der Waals surface area contributed by atoms with Crippen molar-refractivity contribution < 1.29 is 28.2 Å². The van der Waals surface area contributed by atoms with Crippen LogP contribution in [0.1, 0.15) is 21.5 Å². The summed E-state index contributed by atoms with van der Waals surface area (Å²) < 4.78 is 32.5. The Kier molecular flexibility index (Phi) is 6.02. The van der Waals surface area contributed by atoms with Crippen molar-refractivity contribution in [3.63, 3.8) is 0 Å². The Hall–Kier alpha value is -3.46. The van der Waals surface area contributed by atoms with E-state index in [4.69, 9.17) is 16.7 Å². The summed E-state index contributed by atoms with van der Waals surface area (Å²) in [6.45, 7) is -0.0848. The molecule has 0 saturated carbocycles. The third-order valence-corrected chi connectivity index (χ3v) is 4.62. The summed E-state index contributed by atoms with van der Waals surface area (Å²) in [5.74, 6) is -4.62. The molecule has 0 atom stereocenters. The van der Waals surface area contributed by atoms with E-state index < -0.39 is 41.1 Å². The van der Waals surface area contributed by atoms with E-state index in [-0.39, 0.29) is 22.9 Å². The van der Waals surface area contributed by atoms with Gasteiger partial charge in [0.1, 0.15) is 5.56 Å². The highest BCUT2D eigenvalue weighted by atomic mass is 35.5. The van der Waals surface area contributed by atoms with Crippen LogP contribution in [-0.2, 0) is 17.8 Å². The number of carboxylic acids is 1. The highest BCUT2D eigenvalue weighted by molar-refractivity contribution is 6.31. The molecule has 156 valence electrons. The number of nitrogens with one attached hydrogen (secondary N) is 2. The van der Waals surface area contributed by atoms with Crippen LogP contribution in [0.2, 0.25) is 5.02 Å². The number of rotatable bonds is 6. The van der Waals surface area contributed by atoms with Crippen molar-refractivity contribution >= 4 is 34.4 Å². The minimum atomic E-state index is -1.39. The van der Waals surface area contributed by atoms with Gasteiger partial charge in [0.25, 0.3) is 5.56 Å². The Bertz CT molecular complexity index is 1230. The molecule has 0 unspecified atom stereocenters. The van der Waals surface area contributed by atoms with Crippen LogP contribution < -0.4 is 15.6 Å². The summed E-state index contributed by atoms with van der Waals surface area (Å²) in [6.07, 6.45) is -0.426. The molecule has 1 amide bonds. The number of halogens is 3.